The normalized spacial score (nSPS) is 10.1. The highest BCUT2D eigenvalue weighted by Gasteiger charge is 1.95. The molecular weight excluding hydrogens is 198 g/mol. The second-order valence-electron chi connectivity index (χ2n) is 3.73. The molecule has 1 aromatic carbocycles. The van der Waals surface area contributed by atoms with Gasteiger partial charge in [-0.25, -0.2) is 0 Å². The lowest BCUT2D eigenvalue weighted by atomic mass is 10.2. The molecule has 0 spiro atoms. The number of hydrogen-bond acceptors (Lipinski definition) is 2. The third kappa shape index (κ3) is 3.09. The third-order valence-electron chi connectivity index (χ3n) is 2.37. The maximum Gasteiger partial charge on any atom is 0.119 e. The Hall–Kier alpha value is -1.83. The summed E-state index contributed by atoms with van der Waals surface area (Å²) in [5, 5.41) is 0. The molecule has 0 N–H and O–H groups in total. The molecule has 2 nitrogen and oxygen atoms in total. The Bertz CT molecular complexity index is 422. The summed E-state index contributed by atoms with van der Waals surface area (Å²) in [7, 11) is 0. The van der Waals surface area contributed by atoms with E-state index in [0.717, 1.165) is 17.9 Å². The fourth-order valence-electron chi connectivity index (χ4n) is 1.45. The minimum absolute atomic E-state index is 0.667. The van der Waals surface area contributed by atoms with Crippen LogP contribution in [0.25, 0.3) is 0 Å². The van der Waals surface area contributed by atoms with Gasteiger partial charge < -0.3 is 4.74 Å². The molecule has 16 heavy (non-hydrogen) atoms. The summed E-state index contributed by atoms with van der Waals surface area (Å²) >= 11 is 0. The number of aromatic nitrogens is 1. The lowest BCUT2D eigenvalue weighted by Gasteiger charge is -2.05. The second-order valence-corrected chi connectivity index (χ2v) is 3.73. The van der Waals surface area contributed by atoms with Crippen LogP contribution < -0.4 is 4.74 Å². The topological polar surface area (TPSA) is 22.1 Å². The molecule has 2 aromatic rings. The van der Waals surface area contributed by atoms with Gasteiger partial charge in [-0.15, -0.1) is 0 Å². The molecule has 0 saturated carbocycles. The van der Waals surface area contributed by atoms with Gasteiger partial charge in [-0.3, -0.25) is 4.98 Å². The van der Waals surface area contributed by atoms with Crippen LogP contribution in [-0.2, 0) is 6.42 Å². The van der Waals surface area contributed by atoms with E-state index < -0.39 is 0 Å². The molecule has 0 aliphatic heterocycles. The molecule has 82 valence electrons. The first-order valence-corrected chi connectivity index (χ1v) is 5.44. The van der Waals surface area contributed by atoms with Gasteiger partial charge in [-0.1, -0.05) is 23.8 Å². The standard InChI is InChI=1S/C14H15NO/c1-12-5-7-14(8-6-12)16-11-9-13-4-2-3-10-15-13/h2-8,10H,9,11H2,1H3. The molecule has 0 fully saturated rings. The third-order valence-corrected chi connectivity index (χ3v) is 2.37. The molecule has 0 amide bonds. The number of aryl methyl sites for hydroxylation is 1. The predicted molar refractivity (Wildman–Crippen MR) is 64.6 cm³/mol. The zero-order chi connectivity index (χ0) is 11.2. The molecule has 0 atom stereocenters. The van der Waals surface area contributed by atoms with Gasteiger partial charge in [0.05, 0.1) is 6.61 Å². The highest BCUT2D eigenvalue weighted by Crippen LogP contribution is 2.11. The van der Waals surface area contributed by atoms with Crippen LogP contribution in [0.1, 0.15) is 11.3 Å². The van der Waals surface area contributed by atoms with Gasteiger partial charge in [0.1, 0.15) is 5.75 Å². The van der Waals surface area contributed by atoms with E-state index in [4.69, 9.17) is 4.74 Å². The Morgan fingerprint density at radius 2 is 1.88 bits per heavy atom. The van der Waals surface area contributed by atoms with Gasteiger partial charge in [0.15, 0.2) is 0 Å². The summed E-state index contributed by atoms with van der Waals surface area (Å²) in [5.74, 6) is 0.918. The van der Waals surface area contributed by atoms with Gasteiger partial charge in [0.2, 0.25) is 0 Å². The van der Waals surface area contributed by atoms with E-state index in [0.29, 0.717) is 6.61 Å². The number of pyridine rings is 1. The van der Waals surface area contributed by atoms with Crippen molar-refractivity contribution >= 4 is 0 Å². The van der Waals surface area contributed by atoms with Crippen molar-refractivity contribution in [2.45, 2.75) is 13.3 Å². The molecule has 0 radical (unpaired) electrons. The molecule has 2 rings (SSSR count). The van der Waals surface area contributed by atoms with Crippen LogP contribution in [-0.4, -0.2) is 11.6 Å². The highest BCUT2D eigenvalue weighted by molar-refractivity contribution is 5.26. The zero-order valence-electron chi connectivity index (χ0n) is 9.39. The molecule has 0 aliphatic rings. The van der Waals surface area contributed by atoms with Crippen LogP contribution in [0.5, 0.6) is 5.75 Å². The molecule has 1 aromatic heterocycles. The fraction of sp³-hybridized carbons (Fsp3) is 0.214. The Labute approximate surface area is 95.9 Å². The Morgan fingerprint density at radius 3 is 2.56 bits per heavy atom. The van der Waals surface area contributed by atoms with Gasteiger partial charge in [-0.05, 0) is 31.2 Å². The van der Waals surface area contributed by atoms with Crippen molar-refractivity contribution in [1.29, 1.82) is 0 Å². The Kier molecular flexibility index (Phi) is 3.54. The van der Waals surface area contributed by atoms with Crippen molar-refractivity contribution < 1.29 is 4.74 Å². The summed E-state index contributed by atoms with van der Waals surface area (Å²) in [5.41, 5.74) is 2.31. The SMILES string of the molecule is Cc1ccc(OCCc2ccccn2)cc1. The Morgan fingerprint density at radius 1 is 1.06 bits per heavy atom. The maximum absolute atomic E-state index is 5.62. The van der Waals surface area contributed by atoms with Gasteiger partial charge in [0.25, 0.3) is 0 Å². The number of nitrogens with zero attached hydrogens (tertiary/aromatic N) is 1. The molecule has 0 saturated heterocycles. The van der Waals surface area contributed by atoms with Crippen molar-refractivity contribution in [2.24, 2.45) is 0 Å². The minimum Gasteiger partial charge on any atom is -0.493 e. The first-order valence-electron chi connectivity index (χ1n) is 5.44. The van der Waals surface area contributed by atoms with Crippen molar-refractivity contribution in [3.8, 4) is 5.75 Å². The predicted octanol–water partition coefficient (Wildman–Crippen LogP) is 3.01. The summed E-state index contributed by atoms with van der Waals surface area (Å²) in [6.07, 6.45) is 2.65. The van der Waals surface area contributed by atoms with Crippen LogP contribution in [0.2, 0.25) is 0 Å². The largest absolute Gasteiger partial charge is 0.493 e. The molecule has 0 unspecified atom stereocenters. The zero-order valence-corrected chi connectivity index (χ0v) is 9.39. The molecule has 0 bridgehead atoms. The van der Waals surface area contributed by atoms with E-state index >= 15 is 0 Å². The van der Waals surface area contributed by atoms with E-state index in [-0.39, 0.29) is 0 Å². The average Bonchev–Trinajstić information content (AvgIpc) is 2.33. The van der Waals surface area contributed by atoms with Gasteiger partial charge in [-0.2, -0.15) is 0 Å². The van der Waals surface area contributed by atoms with Crippen molar-refractivity contribution in [3.05, 3.63) is 59.9 Å². The van der Waals surface area contributed by atoms with E-state index in [1.54, 1.807) is 6.20 Å². The van der Waals surface area contributed by atoms with Crippen LogP contribution in [0.3, 0.4) is 0 Å². The van der Waals surface area contributed by atoms with E-state index in [1.165, 1.54) is 5.56 Å². The van der Waals surface area contributed by atoms with E-state index in [9.17, 15) is 0 Å². The summed E-state index contributed by atoms with van der Waals surface area (Å²) < 4.78 is 5.62. The van der Waals surface area contributed by atoms with Crippen LogP contribution >= 0.6 is 0 Å². The second kappa shape index (κ2) is 5.31. The summed E-state index contributed by atoms with van der Waals surface area (Å²) in [6.45, 7) is 2.73. The summed E-state index contributed by atoms with van der Waals surface area (Å²) in [4.78, 5) is 4.24. The number of ether oxygens (including phenoxy) is 1. The number of rotatable bonds is 4. The smallest absolute Gasteiger partial charge is 0.119 e. The summed E-state index contributed by atoms with van der Waals surface area (Å²) in [6, 6.07) is 14.0. The van der Waals surface area contributed by atoms with Crippen molar-refractivity contribution in [3.63, 3.8) is 0 Å². The van der Waals surface area contributed by atoms with Gasteiger partial charge >= 0.3 is 0 Å². The lowest BCUT2D eigenvalue weighted by Crippen LogP contribution is -2.02. The first-order chi connectivity index (χ1) is 7.84. The van der Waals surface area contributed by atoms with Crippen molar-refractivity contribution in [2.75, 3.05) is 6.61 Å². The highest BCUT2D eigenvalue weighted by atomic mass is 16.5. The van der Waals surface area contributed by atoms with E-state index in [2.05, 4.69) is 24.0 Å². The Balaban J connectivity index is 1.82. The molecule has 2 heteroatoms. The monoisotopic (exact) mass is 213 g/mol. The average molecular weight is 213 g/mol. The number of benzene rings is 1. The van der Waals surface area contributed by atoms with Crippen LogP contribution in [0, 0.1) is 6.92 Å². The van der Waals surface area contributed by atoms with Gasteiger partial charge in [0, 0.05) is 18.3 Å². The van der Waals surface area contributed by atoms with Crippen LogP contribution in [0.15, 0.2) is 48.7 Å². The molecule has 0 aliphatic carbocycles. The molecular formula is C14H15NO. The lowest BCUT2D eigenvalue weighted by molar-refractivity contribution is 0.320. The minimum atomic E-state index is 0.667. The number of hydrogen-bond donors (Lipinski definition) is 0. The molecule has 1 heterocycles. The van der Waals surface area contributed by atoms with Crippen molar-refractivity contribution in [1.82, 2.24) is 4.98 Å². The maximum atomic E-state index is 5.62. The van der Waals surface area contributed by atoms with Crippen LogP contribution in [0.4, 0.5) is 0 Å². The fourth-order valence-corrected chi connectivity index (χ4v) is 1.45. The first kappa shape index (κ1) is 10.7. The van der Waals surface area contributed by atoms with E-state index in [1.807, 2.05) is 30.3 Å². The quantitative estimate of drug-likeness (QED) is 0.778.